The number of benzene rings is 1. The molecule has 2 atom stereocenters. The highest BCUT2D eigenvalue weighted by molar-refractivity contribution is 5.94. The van der Waals surface area contributed by atoms with Gasteiger partial charge in [-0.05, 0) is 32.9 Å². The summed E-state index contributed by atoms with van der Waals surface area (Å²) in [4.78, 5) is 11.8. The summed E-state index contributed by atoms with van der Waals surface area (Å²) in [5.41, 5.74) is 1.69. The molecule has 2 unspecified atom stereocenters. The van der Waals surface area contributed by atoms with Gasteiger partial charge in [-0.2, -0.15) is 13.2 Å². The molecular formula is C14H19F3N2O. The Morgan fingerprint density at radius 2 is 1.75 bits per heavy atom. The Morgan fingerprint density at radius 3 is 2.25 bits per heavy atom. The molecule has 0 fully saturated rings. The molecule has 0 spiro atoms. The Labute approximate surface area is 116 Å². The van der Waals surface area contributed by atoms with E-state index in [-0.39, 0.29) is 5.91 Å². The molecule has 0 aliphatic carbocycles. The molecule has 6 heteroatoms. The van der Waals surface area contributed by atoms with Crippen LogP contribution < -0.4 is 10.6 Å². The first-order chi connectivity index (χ1) is 9.17. The van der Waals surface area contributed by atoms with Crippen molar-refractivity contribution < 1.29 is 18.0 Å². The molecule has 2 N–H and O–H groups in total. The fraction of sp³-hybridized carbons (Fsp3) is 0.500. The van der Waals surface area contributed by atoms with Crippen molar-refractivity contribution in [2.75, 3.05) is 5.32 Å². The molecule has 0 saturated heterocycles. The van der Waals surface area contributed by atoms with Crippen molar-refractivity contribution in [1.82, 2.24) is 5.32 Å². The lowest BCUT2D eigenvalue weighted by atomic mass is 10.2. The molecule has 112 valence electrons. The first-order valence-electron chi connectivity index (χ1n) is 6.37. The van der Waals surface area contributed by atoms with E-state index in [4.69, 9.17) is 0 Å². The minimum atomic E-state index is -4.24. The standard InChI is InChI=1S/C14H19F3N2O/c1-9-4-6-12(7-5-9)19-13(20)11(3)18-10(2)8-14(15,16)17/h4-7,10-11,18H,8H2,1-3H3,(H,19,20). The molecule has 1 aromatic rings. The fourth-order valence-corrected chi connectivity index (χ4v) is 1.80. The van der Waals surface area contributed by atoms with Crippen LogP contribution in [0.5, 0.6) is 0 Å². The minimum Gasteiger partial charge on any atom is -0.325 e. The van der Waals surface area contributed by atoms with Gasteiger partial charge in [-0.3, -0.25) is 4.79 Å². The van der Waals surface area contributed by atoms with E-state index in [0.717, 1.165) is 5.56 Å². The molecule has 1 rings (SSSR count). The van der Waals surface area contributed by atoms with E-state index in [2.05, 4.69) is 10.6 Å². The maximum atomic E-state index is 12.2. The van der Waals surface area contributed by atoms with Crippen LogP contribution in [-0.4, -0.2) is 24.2 Å². The summed E-state index contributed by atoms with van der Waals surface area (Å²) in [6.07, 6.45) is -5.20. The van der Waals surface area contributed by atoms with Gasteiger partial charge in [0.05, 0.1) is 12.5 Å². The zero-order valence-electron chi connectivity index (χ0n) is 11.7. The van der Waals surface area contributed by atoms with Crippen molar-refractivity contribution in [3.05, 3.63) is 29.8 Å². The molecule has 20 heavy (non-hydrogen) atoms. The minimum absolute atomic E-state index is 0.358. The van der Waals surface area contributed by atoms with Gasteiger partial charge in [0.25, 0.3) is 0 Å². The predicted octanol–water partition coefficient (Wildman–Crippen LogP) is 3.25. The summed E-state index contributed by atoms with van der Waals surface area (Å²) >= 11 is 0. The largest absolute Gasteiger partial charge is 0.390 e. The van der Waals surface area contributed by atoms with Gasteiger partial charge in [0.2, 0.25) is 5.91 Å². The van der Waals surface area contributed by atoms with Crippen LogP contribution in [0, 0.1) is 6.92 Å². The molecule has 1 aromatic carbocycles. The number of rotatable bonds is 5. The molecule has 3 nitrogen and oxygen atoms in total. The monoisotopic (exact) mass is 288 g/mol. The van der Waals surface area contributed by atoms with Crippen LogP contribution in [0.4, 0.5) is 18.9 Å². The first-order valence-corrected chi connectivity index (χ1v) is 6.37. The van der Waals surface area contributed by atoms with E-state index in [1.54, 1.807) is 12.1 Å². The predicted molar refractivity (Wildman–Crippen MR) is 72.5 cm³/mol. The maximum Gasteiger partial charge on any atom is 0.390 e. The van der Waals surface area contributed by atoms with Crippen molar-refractivity contribution in [2.24, 2.45) is 0 Å². The Balaban J connectivity index is 2.48. The number of alkyl halides is 3. The third kappa shape index (κ3) is 6.06. The highest BCUT2D eigenvalue weighted by Gasteiger charge is 2.31. The molecular weight excluding hydrogens is 269 g/mol. The smallest absolute Gasteiger partial charge is 0.325 e. The van der Waals surface area contributed by atoms with Crippen LogP contribution in [-0.2, 0) is 4.79 Å². The summed E-state index contributed by atoms with van der Waals surface area (Å²) in [7, 11) is 0. The van der Waals surface area contributed by atoms with Crippen molar-refractivity contribution in [1.29, 1.82) is 0 Å². The first kappa shape index (κ1) is 16.5. The lowest BCUT2D eigenvalue weighted by Crippen LogP contribution is -2.44. The average Bonchev–Trinajstić information content (AvgIpc) is 2.29. The lowest BCUT2D eigenvalue weighted by Gasteiger charge is -2.20. The van der Waals surface area contributed by atoms with Gasteiger partial charge in [-0.15, -0.1) is 0 Å². The second-order valence-electron chi connectivity index (χ2n) is 4.96. The molecule has 0 aliphatic rings. The van der Waals surface area contributed by atoms with Crippen LogP contribution in [0.3, 0.4) is 0 Å². The quantitative estimate of drug-likeness (QED) is 0.873. The summed E-state index contributed by atoms with van der Waals surface area (Å²) < 4.78 is 36.6. The Hall–Kier alpha value is -1.56. The van der Waals surface area contributed by atoms with Crippen LogP contribution >= 0.6 is 0 Å². The third-order valence-electron chi connectivity index (χ3n) is 2.78. The van der Waals surface area contributed by atoms with Crippen molar-refractivity contribution in [3.63, 3.8) is 0 Å². The average molecular weight is 288 g/mol. The molecule has 0 aromatic heterocycles. The normalized spacial score (nSPS) is 14.7. The van der Waals surface area contributed by atoms with Gasteiger partial charge in [0.15, 0.2) is 0 Å². The molecule has 0 saturated carbocycles. The van der Waals surface area contributed by atoms with Crippen LogP contribution in [0.15, 0.2) is 24.3 Å². The summed E-state index contributed by atoms with van der Waals surface area (Å²) in [5, 5.41) is 5.29. The van der Waals surface area contributed by atoms with Crippen molar-refractivity contribution in [2.45, 2.75) is 45.5 Å². The van der Waals surface area contributed by atoms with Gasteiger partial charge in [-0.25, -0.2) is 0 Å². The zero-order chi connectivity index (χ0) is 15.3. The number of aryl methyl sites for hydroxylation is 1. The van der Waals surface area contributed by atoms with Gasteiger partial charge in [0, 0.05) is 11.7 Å². The molecule has 0 aliphatic heterocycles. The Kier molecular flexibility index (Phi) is 5.56. The summed E-state index contributed by atoms with van der Waals surface area (Å²) in [6.45, 7) is 4.87. The maximum absolute atomic E-state index is 12.2. The second kappa shape index (κ2) is 6.74. The summed E-state index contributed by atoms with van der Waals surface area (Å²) in [6, 6.07) is 5.68. The number of hydrogen-bond donors (Lipinski definition) is 2. The third-order valence-corrected chi connectivity index (χ3v) is 2.78. The molecule has 0 heterocycles. The van der Waals surface area contributed by atoms with E-state index in [1.165, 1.54) is 13.8 Å². The van der Waals surface area contributed by atoms with Crippen LogP contribution in [0.1, 0.15) is 25.8 Å². The van der Waals surface area contributed by atoms with Crippen molar-refractivity contribution in [3.8, 4) is 0 Å². The van der Waals surface area contributed by atoms with Crippen LogP contribution in [0.2, 0.25) is 0 Å². The topological polar surface area (TPSA) is 41.1 Å². The van der Waals surface area contributed by atoms with E-state index in [1.807, 2.05) is 19.1 Å². The SMILES string of the molecule is Cc1ccc(NC(=O)C(C)NC(C)CC(F)(F)F)cc1. The molecule has 1 amide bonds. The number of nitrogens with one attached hydrogen (secondary N) is 2. The van der Waals surface area contributed by atoms with Gasteiger partial charge in [-0.1, -0.05) is 17.7 Å². The number of anilines is 1. The molecule has 0 bridgehead atoms. The van der Waals surface area contributed by atoms with Crippen molar-refractivity contribution >= 4 is 11.6 Å². The fourth-order valence-electron chi connectivity index (χ4n) is 1.80. The lowest BCUT2D eigenvalue weighted by molar-refractivity contribution is -0.140. The number of hydrogen-bond acceptors (Lipinski definition) is 2. The number of carbonyl (C=O) groups is 1. The Morgan fingerprint density at radius 1 is 1.20 bits per heavy atom. The van der Waals surface area contributed by atoms with Gasteiger partial charge < -0.3 is 10.6 Å². The zero-order valence-corrected chi connectivity index (χ0v) is 11.7. The van der Waals surface area contributed by atoms with E-state index < -0.39 is 24.7 Å². The number of halogens is 3. The highest BCUT2D eigenvalue weighted by atomic mass is 19.4. The van der Waals surface area contributed by atoms with E-state index >= 15 is 0 Å². The van der Waals surface area contributed by atoms with Gasteiger partial charge >= 0.3 is 6.18 Å². The highest BCUT2D eigenvalue weighted by Crippen LogP contribution is 2.21. The Bertz CT molecular complexity index is 443. The number of carbonyl (C=O) groups excluding carboxylic acids is 1. The molecule has 0 radical (unpaired) electrons. The summed E-state index contributed by atoms with van der Waals surface area (Å²) in [5.74, 6) is -0.358. The van der Waals surface area contributed by atoms with E-state index in [9.17, 15) is 18.0 Å². The number of amides is 1. The van der Waals surface area contributed by atoms with Crippen LogP contribution in [0.25, 0.3) is 0 Å². The second-order valence-corrected chi connectivity index (χ2v) is 4.96. The van der Waals surface area contributed by atoms with E-state index in [0.29, 0.717) is 5.69 Å². The van der Waals surface area contributed by atoms with Gasteiger partial charge in [0.1, 0.15) is 0 Å².